The predicted molar refractivity (Wildman–Crippen MR) is 88.3 cm³/mol. The number of anilines is 1. The van der Waals surface area contributed by atoms with Crippen LogP contribution in [-0.2, 0) is 15.6 Å². The molecule has 0 fully saturated rings. The zero-order valence-electron chi connectivity index (χ0n) is 11.5. The summed E-state index contributed by atoms with van der Waals surface area (Å²) in [4.78, 5) is 0.317. The minimum Gasteiger partial charge on any atom is -0.399 e. The summed E-state index contributed by atoms with van der Waals surface area (Å²) in [6.07, 6.45) is 0. The number of sulfone groups is 1. The molecule has 0 aliphatic carbocycles. The standard InChI is InChI=1S/C16H15NO2S2/c1-11-6-7-13(17)8-16(11)21(18,19)10-12-9-20-15-5-3-2-4-14(12)15/h2-9H,10,17H2,1H3. The van der Waals surface area contributed by atoms with E-state index in [1.54, 1.807) is 36.5 Å². The van der Waals surface area contributed by atoms with Gasteiger partial charge < -0.3 is 5.73 Å². The van der Waals surface area contributed by atoms with Crippen LogP contribution in [0.2, 0.25) is 0 Å². The highest BCUT2D eigenvalue weighted by atomic mass is 32.2. The Labute approximate surface area is 128 Å². The second kappa shape index (κ2) is 5.16. The maximum atomic E-state index is 12.7. The number of hydrogen-bond acceptors (Lipinski definition) is 4. The van der Waals surface area contributed by atoms with Crippen molar-refractivity contribution in [3.8, 4) is 0 Å². The van der Waals surface area contributed by atoms with Crippen molar-refractivity contribution in [1.82, 2.24) is 0 Å². The van der Waals surface area contributed by atoms with Crippen LogP contribution in [0.1, 0.15) is 11.1 Å². The highest BCUT2D eigenvalue weighted by molar-refractivity contribution is 7.90. The van der Waals surface area contributed by atoms with Crippen LogP contribution in [0, 0.1) is 6.92 Å². The van der Waals surface area contributed by atoms with Crippen molar-refractivity contribution in [2.45, 2.75) is 17.6 Å². The van der Waals surface area contributed by atoms with Crippen molar-refractivity contribution >= 4 is 36.9 Å². The Bertz CT molecular complexity index is 911. The molecule has 0 radical (unpaired) electrons. The summed E-state index contributed by atoms with van der Waals surface area (Å²) < 4.78 is 26.4. The quantitative estimate of drug-likeness (QED) is 0.748. The number of thiophene rings is 1. The normalized spacial score (nSPS) is 11.9. The Balaban J connectivity index is 2.05. The summed E-state index contributed by atoms with van der Waals surface area (Å²) >= 11 is 1.57. The van der Waals surface area contributed by atoms with Gasteiger partial charge in [-0.1, -0.05) is 24.3 Å². The highest BCUT2D eigenvalue weighted by Crippen LogP contribution is 2.30. The SMILES string of the molecule is Cc1ccc(N)cc1S(=O)(=O)Cc1csc2ccccc12. The summed E-state index contributed by atoms with van der Waals surface area (Å²) in [5, 5.41) is 2.93. The Hall–Kier alpha value is -1.85. The first-order chi connectivity index (χ1) is 9.97. The fourth-order valence-electron chi connectivity index (χ4n) is 2.38. The first kappa shape index (κ1) is 14.1. The number of nitrogen functional groups attached to an aromatic ring is 1. The van der Waals surface area contributed by atoms with Crippen LogP contribution >= 0.6 is 11.3 Å². The topological polar surface area (TPSA) is 60.2 Å². The van der Waals surface area contributed by atoms with Gasteiger partial charge in [-0.3, -0.25) is 0 Å². The lowest BCUT2D eigenvalue weighted by Crippen LogP contribution is -2.07. The minimum atomic E-state index is -3.40. The fraction of sp³-hybridized carbons (Fsp3) is 0.125. The van der Waals surface area contributed by atoms with Gasteiger partial charge in [0.1, 0.15) is 0 Å². The molecule has 0 aliphatic heterocycles. The Morgan fingerprint density at radius 1 is 1.14 bits per heavy atom. The highest BCUT2D eigenvalue weighted by Gasteiger charge is 2.20. The minimum absolute atomic E-state index is 0.00130. The van der Waals surface area contributed by atoms with Crippen LogP contribution in [0.15, 0.2) is 52.7 Å². The van der Waals surface area contributed by atoms with E-state index in [2.05, 4.69) is 0 Å². The molecule has 108 valence electrons. The lowest BCUT2D eigenvalue weighted by Gasteiger charge is -2.08. The largest absolute Gasteiger partial charge is 0.399 e. The molecule has 2 N–H and O–H groups in total. The first-order valence-electron chi connectivity index (χ1n) is 6.51. The molecule has 1 aromatic heterocycles. The summed E-state index contributed by atoms with van der Waals surface area (Å²) in [6, 6.07) is 12.8. The maximum absolute atomic E-state index is 12.7. The van der Waals surface area contributed by atoms with Crippen molar-refractivity contribution in [2.24, 2.45) is 0 Å². The monoisotopic (exact) mass is 317 g/mol. The maximum Gasteiger partial charge on any atom is 0.182 e. The molecule has 0 bridgehead atoms. The molecule has 0 saturated carbocycles. The van der Waals surface area contributed by atoms with Gasteiger partial charge in [-0.15, -0.1) is 11.3 Å². The molecule has 0 aliphatic rings. The van der Waals surface area contributed by atoms with Crippen molar-refractivity contribution < 1.29 is 8.42 Å². The van der Waals surface area contributed by atoms with E-state index in [0.717, 1.165) is 21.2 Å². The second-order valence-corrected chi connectivity index (χ2v) is 7.91. The number of hydrogen-bond donors (Lipinski definition) is 1. The molecule has 0 saturated heterocycles. The molecule has 3 aromatic rings. The third kappa shape index (κ3) is 2.66. The van der Waals surface area contributed by atoms with Gasteiger partial charge in [0.15, 0.2) is 9.84 Å². The third-order valence-corrected chi connectivity index (χ3v) is 6.27. The lowest BCUT2D eigenvalue weighted by atomic mass is 10.2. The Morgan fingerprint density at radius 3 is 2.71 bits per heavy atom. The fourth-order valence-corrected chi connectivity index (χ4v) is 5.13. The molecular weight excluding hydrogens is 302 g/mol. The van der Waals surface area contributed by atoms with E-state index in [1.165, 1.54) is 0 Å². The van der Waals surface area contributed by atoms with E-state index in [-0.39, 0.29) is 5.75 Å². The van der Waals surface area contributed by atoms with Gasteiger partial charge in [0.25, 0.3) is 0 Å². The van der Waals surface area contributed by atoms with Gasteiger partial charge >= 0.3 is 0 Å². The Kier molecular flexibility index (Phi) is 3.47. The molecule has 0 atom stereocenters. The zero-order valence-corrected chi connectivity index (χ0v) is 13.2. The van der Waals surface area contributed by atoms with E-state index >= 15 is 0 Å². The van der Waals surface area contributed by atoms with E-state index in [4.69, 9.17) is 5.73 Å². The number of aryl methyl sites for hydroxylation is 1. The van der Waals surface area contributed by atoms with Crippen molar-refractivity contribution in [2.75, 3.05) is 5.73 Å². The van der Waals surface area contributed by atoms with Crippen LogP contribution in [0.3, 0.4) is 0 Å². The molecular formula is C16H15NO2S2. The van der Waals surface area contributed by atoms with Gasteiger partial charge in [-0.2, -0.15) is 0 Å². The van der Waals surface area contributed by atoms with Crippen molar-refractivity contribution in [3.05, 3.63) is 59.0 Å². The molecule has 2 aromatic carbocycles. The Morgan fingerprint density at radius 2 is 1.90 bits per heavy atom. The third-order valence-electron chi connectivity index (χ3n) is 3.45. The van der Waals surface area contributed by atoms with E-state index in [0.29, 0.717) is 10.6 Å². The van der Waals surface area contributed by atoms with Gasteiger partial charge in [-0.05, 0) is 47.0 Å². The van der Waals surface area contributed by atoms with Gasteiger partial charge in [-0.25, -0.2) is 8.42 Å². The molecule has 5 heteroatoms. The van der Waals surface area contributed by atoms with Crippen LogP contribution in [0.25, 0.3) is 10.1 Å². The summed E-state index contributed by atoms with van der Waals surface area (Å²) in [6.45, 7) is 1.79. The number of fused-ring (bicyclic) bond motifs is 1. The first-order valence-corrected chi connectivity index (χ1v) is 9.04. The smallest absolute Gasteiger partial charge is 0.182 e. The number of nitrogens with two attached hydrogens (primary N) is 1. The molecule has 0 amide bonds. The molecule has 21 heavy (non-hydrogen) atoms. The summed E-state index contributed by atoms with van der Waals surface area (Å²) in [7, 11) is -3.40. The second-order valence-electron chi connectivity index (χ2n) is 5.04. The average Bonchev–Trinajstić information content (AvgIpc) is 2.84. The van der Waals surface area contributed by atoms with Gasteiger partial charge in [0.05, 0.1) is 10.6 Å². The van der Waals surface area contributed by atoms with Gasteiger partial charge in [0, 0.05) is 10.4 Å². The van der Waals surface area contributed by atoms with E-state index in [1.807, 2.05) is 29.6 Å². The molecule has 0 unspecified atom stereocenters. The van der Waals surface area contributed by atoms with Crippen molar-refractivity contribution in [1.29, 1.82) is 0 Å². The number of benzene rings is 2. The van der Waals surface area contributed by atoms with Crippen LogP contribution in [0.5, 0.6) is 0 Å². The predicted octanol–water partition coefficient (Wildman–Crippen LogP) is 3.77. The van der Waals surface area contributed by atoms with Crippen LogP contribution in [-0.4, -0.2) is 8.42 Å². The summed E-state index contributed by atoms with van der Waals surface area (Å²) in [5.41, 5.74) is 7.76. The van der Waals surface area contributed by atoms with E-state index in [9.17, 15) is 8.42 Å². The number of rotatable bonds is 3. The average molecular weight is 317 g/mol. The molecule has 3 nitrogen and oxygen atoms in total. The van der Waals surface area contributed by atoms with Crippen molar-refractivity contribution in [3.63, 3.8) is 0 Å². The molecule has 1 heterocycles. The lowest BCUT2D eigenvalue weighted by molar-refractivity contribution is 0.595. The molecule has 3 rings (SSSR count). The van der Waals surface area contributed by atoms with E-state index < -0.39 is 9.84 Å². The molecule has 0 spiro atoms. The summed E-state index contributed by atoms with van der Waals surface area (Å²) in [5.74, 6) is 0.00130. The van der Waals surface area contributed by atoms with Crippen LogP contribution < -0.4 is 5.73 Å². The zero-order chi connectivity index (χ0) is 15.0. The van der Waals surface area contributed by atoms with Crippen LogP contribution in [0.4, 0.5) is 5.69 Å². The van der Waals surface area contributed by atoms with Gasteiger partial charge in [0.2, 0.25) is 0 Å².